The molecule has 15 rings (SSSR count). The van der Waals surface area contributed by atoms with Gasteiger partial charge < -0.3 is 8.98 Å². The average molecular weight is 806 g/mol. The van der Waals surface area contributed by atoms with Gasteiger partial charge in [0.1, 0.15) is 11.2 Å². The topological polar surface area (TPSA) is 43.9 Å². The van der Waals surface area contributed by atoms with E-state index < -0.39 is 5.41 Å². The van der Waals surface area contributed by atoms with Crippen molar-refractivity contribution in [2.75, 3.05) is 0 Å². The van der Waals surface area contributed by atoms with Gasteiger partial charge in [0.15, 0.2) is 5.82 Å². The molecule has 1 spiro atoms. The number of hydrogen-bond donors (Lipinski definition) is 0. The van der Waals surface area contributed by atoms with E-state index in [1.165, 1.54) is 59.6 Å². The highest BCUT2D eigenvalue weighted by Crippen LogP contribution is 2.62. The summed E-state index contributed by atoms with van der Waals surface area (Å²) in [5.74, 6) is 0.676. The van der Waals surface area contributed by atoms with E-state index in [0.29, 0.717) is 5.82 Å². The molecule has 62 heavy (non-hydrogen) atoms. The van der Waals surface area contributed by atoms with Crippen molar-refractivity contribution in [3.05, 3.63) is 210 Å². The van der Waals surface area contributed by atoms with Crippen molar-refractivity contribution in [1.82, 2.24) is 14.5 Å². The fourth-order valence-electron chi connectivity index (χ4n) is 11.4. The third-order valence-electron chi connectivity index (χ3n) is 13.8. The maximum atomic E-state index is 6.83. The van der Waals surface area contributed by atoms with E-state index in [2.05, 4.69) is 187 Å². The molecule has 5 heteroatoms. The first kappa shape index (κ1) is 32.9. The number of furan rings is 1. The second-order valence-corrected chi connectivity index (χ2v) is 17.8. The molecule has 286 valence electrons. The van der Waals surface area contributed by atoms with Crippen molar-refractivity contribution in [2.24, 2.45) is 0 Å². The number of nitrogens with zero attached hydrogens (tertiary/aromatic N) is 3. The molecule has 0 N–H and O–H groups in total. The van der Waals surface area contributed by atoms with Gasteiger partial charge in [-0.05, 0) is 74.5 Å². The van der Waals surface area contributed by atoms with Crippen LogP contribution in [0.5, 0.6) is 0 Å². The predicted octanol–water partition coefficient (Wildman–Crippen LogP) is 15.0. The summed E-state index contributed by atoms with van der Waals surface area (Å²) in [5.41, 5.74) is 16.3. The first-order chi connectivity index (χ1) is 30.8. The highest BCUT2D eigenvalue weighted by Gasteiger charge is 2.50. The Kier molecular flexibility index (Phi) is 6.21. The summed E-state index contributed by atoms with van der Waals surface area (Å²) in [5, 5.41) is 8.33. The standard InChI is InChI=1S/C57H31N3OS/c1-2-14-33(15-3-1)53-55-54(38-20-7-11-27-48(38)62-55)59-56(58-53)39-30-34(31-47-50(39)37-19-6-10-26-46(37)61-47)60-44-25-13-24-43-51(44)52-45(60)29-28-32-16-12-23-42(49(32)52)57(43)40-21-8-4-17-35(40)36-18-5-9-22-41(36)57/h1-31H. The van der Waals surface area contributed by atoms with Crippen LogP contribution in [0.25, 0.3) is 114 Å². The zero-order valence-corrected chi connectivity index (χ0v) is 33.9. The van der Waals surface area contributed by atoms with Crippen molar-refractivity contribution in [3.8, 4) is 39.5 Å². The van der Waals surface area contributed by atoms with Gasteiger partial charge in [0.05, 0.1) is 38.0 Å². The molecule has 0 bridgehead atoms. The van der Waals surface area contributed by atoms with Crippen LogP contribution in [-0.2, 0) is 5.41 Å². The third-order valence-corrected chi connectivity index (χ3v) is 15.0. The van der Waals surface area contributed by atoms with Crippen LogP contribution in [0.2, 0.25) is 0 Å². The lowest BCUT2D eigenvalue weighted by molar-refractivity contribution is 0.668. The summed E-state index contributed by atoms with van der Waals surface area (Å²) in [6.45, 7) is 0. The number of hydrogen-bond acceptors (Lipinski definition) is 4. The van der Waals surface area contributed by atoms with E-state index in [1.54, 1.807) is 11.3 Å². The molecular weight excluding hydrogens is 775 g/mol. The van der Waals surface area contributed by atoms with Gasteiger partial charge in [0, 0.05) is 48.8 Å². The van der Waals surface area contributed by atoms with Crippen LogP contribution < -0.4 is 0 Å². The molecule has 4 nitrogen and oxygen atoms in total. The highest BCUT2D eigenvalue weighted by atomic mass is 32.1. The minimum absolute atomic E-state index is 0.478. The average Bonchev–Trinajstić information content (AvgIpc) is 4.08. The van der Waals surface area contributed by atoms with Crippen LogP contribution in [0.1, 0.15) is 22.3 Å². The number of thiophene rings is 1. The Labute approximate surface area is 358 Å². The van der Waals surface area contributed by atoms with Gasteiger partial charge in [-0.25, -0.2) is 9.97 Å². The normalized spacial score (nSPS) is 13.6. The fraction of sp³-hybridized carbons (Fsp3) is 0.0175. The van der Waals surface area contributed by atoms with E-state index in [9.17, 15) is 0 Å². The zero-order valence-electron chi connectivity index (χ0n) is 33.1. The lowest BCUT2D eigenvalue weighted by atomic mass is 9.63. The molecule has 2 aliphatic rings. The zero-order chi connectivity index (χ0) is 40.3. The third kappa shape index (κ3) is 3.98. The number of fused-ring (bicyclic) bond motifs is 13. The second-order valence-electron chi connectivity index (χ2n) is 16.7. The molecule has 4 aromatic heterocycles. The van der Waals surface area contributed by atoms with E-state index in [0.717, 1.165) is 71.1 Å². The summed E-state index contributed by atoms with van der Waals surface area (Å²) in [6.07, 6.45) is 0. The highest BCUT2D eigenvalue weighted by molar-refractivity contribution is 7.26. The first-order valence-corrected chi connectivity index (χ1v) is 22.0. The Morgan fingerprint density at radius 2 is 1.15 bits per heavy atom. The van der Waals surface area contributed by atoms with Crippen molar-refractivity contribution >= 4 is 86.2 Å². The molecule has 0 aliphatic heterocycles. The number of aromatic nitrogens is 3. The van der Waals surface area contributed by atoms with Crippen LogP contribution in [0.3, 0.4) is 0 Å². The van der Waals surface area contributed by atoms with Crippen molar-refractivity contribution in [3.63, 3.8) is 0 Å². The molecular formula is C57H31N3OS. The molecule has 0 saturated carbocycles. The quantitative estimate of drug-likeness (QED) is 0.179. The Balaban J connectivity index is 1.09. The van der Waals surface area contributed by atoms with E-state index in [4.69, 9.17) is 14.4 Å². The smallest absolute Gasteiger partial charge is 0.161 e. The van der Waals surface area contributed by atoms with Crippen molar-refractivity contribution in [1.29, 1.82) is 0 Å². The van der Waals surface area contributed by atoms with E-state index >= 15 is 0 Å². The Bertz CT molecular complexity index is 4070. The summed E-state index contributed by atoms with van der Waals surface area (Å²) in [4.78, 5) is 11.0. The van der Waals surface area contributed by atoms with Crippen molar-refractivity contribution < 1.29 is 4.42 Å². The molecule has 13 aromatic rings. The fourth-order valence-corrected chi connectivity index (χ4v) is 12.6. The van der Waals surface area contributed by atoms with Crippen molar-refractivity contribution in [2.45, 2.75) is 5.41 Å². The van der Waals surface area contributed by atoms with Gasteiger partial charge in [-0.2, -0.15) is 0 Å². The Morgan fingerprint density at radius 3 is 1.98 bits per heavy atom. The van der Waals surface area contributed by atoms with Gasteiger partial charge in [-0.1, -0.05) is 152 Å². The Morgan fingerprint density at radius 1 is 0.468 bits per heavy atom. The Hall–Kier alpha value is -7.86. The van der Waals surface area contributed by atoms with Gasteiger partial charge in [0.2, 0.25) is 0 Å². The minimum Gasteiger partial charge on any atom is -0.456 e. The van der Waals surface area contributed by atoms with E-state index in [-0.39, 0.29) is 0 Å². The van der Waals surface area contributed by atoms with Gasteiger partial charge >= 0.3 is 0 Å². The molecule has 4 heterocycles. The maximum absolute atomic E-state index is 6.83. The predicted molar refractivity (Wildman–Crippen MR) is 256 cm³/mol. The second kappa shape index (κ2) is 11.7. The first-order valence-electron chi connectivity index (χ1n) is 21.2. The molecule has 0 unspecified atom stereocenters. The maximum Gasteiger partial charge on any atom is 0.161 e. The molecule has 0 radical (unpaired) electrons. The van der Waals surface area contributed by atoms with Crippen LogP contribution in [-0.4, -0.2) is 14.5 Å². The molecule has 9 aromatic carbocycles. The van der Waals surface area contributed by atoms with Crippen LogP contribution in [0.4, 0.5) is 0 Å². The van der Waals surface area contributed by atoms with Crippen LogP contribution in [0, 0.1) is 0 Å². The minimum atomic E-state index is -0.478. The van der Waals surface area contributed by atoms with Crippen LogP contribution in [0.15, 0.2) is 192 Å². The molecule has 2 aliphatic carbocycles. The van der Waals surface area contributed by atoms with Crippen LogP contribution >= 0.6 is 11.3 Å². The largest absolute Gasteiger partial charge is 0.456 e. The molecule has 0 atom stereocenters. The van der Waals surface area contributed by atoms with E-state index in [1.807, 2.05) is 6.07 Å². The summed E-state index contributed by atoms with van der Waals surface area (Å²) in [6, 6.07) is 68.5. The summed E-state index contributed by atoms with van der Waals surface area (Å²) < 4.78 is 11.6. The molecule has 0 amide bonds. The summed E-state index contributed by atoms with van der Waals surface area (Å²) >= 11 is 1.76. The number of para-hydroxylation sites is 1. The molecule has 0 saturated heterocycles. The number of rotatable bonds is 3. The SMILES string of the molecule is c1ccc(-c2nc(-c3cc(-n4c5cccc6c5c5c7c(cccc7ccc54)C64c5ccccc5-c5ccccc54)cc4oc5ccccc5c34)nc3c2sc2ccccc23)cc1. The number of benzene rings is 9. The van der Waals surface area contributed by atoms with Gasteiger partial charge in [-0.15, -0.1) is 11.3 Å². The molecule has 0 fully saturated rings. The lowest BCUT2D eigenvalue weighted by Gasteiger charge is -2.37. The monoisotopic (exact) mass is 805 g/mol. The lowest BCUT2D eigenvalue weighted by Crippen LogP contribution is -2.30. The summed E-state index contributed by atoms with van der Waals surface area (Å²) in [7, 11) is 0. The van der Waals surface area contributed by atoms with Gasteiger partial charge in [-0.3, -0.25) is 0 Å². The van der Waals surface area contributed by atoms with Gasteiger partial charge in [0.25, 0.3) is 0 Å².